The van der Waals surface area contributed by atoms with Crippen LogP contribution in [-0.2, 0) is 47.5 Å². The molecule has 0 radical (unpaired) electrons. The van der Waals surface area contributed by atoms with E-state index < -0.39 is 18.5 Å². The molecule has 31 heavy (non-hydrogen) atoms. The SMILES string of the molecule is COCCOCCOCCOCCOCCOCCOCCNC(=O)COCC(=O)O. The van der Waals surface area contributed by atoms with Crippen LogP contribution < -0.4 is 5.32 Å². The Balaban J connectivity index is 3.09. The fraction of sp³-hybridized carbons (Fsp3) is 0.895. The van der Waals surface area contributed by atoms with Gasteiger partial charge in [0.05, 0.1) is 85.9 Å². The number of carboxylic acids is 1. The van der Waals surface area contributed by atoms with Crippen molar-refractivity contribution < 1.29 is 52.6 Å². The number of hydrogen-bond acceptors (Lipinski definition) is 10. The maximum absolute atomic E-state index is 11.3. The molecule has 0 bridgehead atoms. The summed E-state index contributed by atoms with van der Waals surface area (Å²) in [6.07, 6.45) is 0. The van der Waals surface area contributed by atoms with Crippen LogP contribution >= 0.6 is 0 Å². The van der Waals surface area contributed by atoms with Crippen LogP contribution in [0.15, 0.2) is 0 Å². The zero-order valence-electron chi connectivity index (χ0n) is 18.3. The number of ether oxygens (including phenoxy) is 8. The van der Waals surface area contributed by atoms with E-state index in [-0.39, 0.29) is 6.61 Å². The van der Waals surface area contributed by atoms with Gasteiger partial charge in [0, 0.05) is 13.7 Å². The van der Waals surface area contributed by atoms with Crippen LogP contribution in [0.2, 0.25) is 0 Å². The van der Waals surface area contributed by atoms with E-state index in [2.05, 4.69) is 10.1 Å². The molecule has 0 unspecified atom stereocenters. The largest absolute Gasteiger partial charge is 0.480 e. The van der Waals surface area contributed by atoms with E-state index >= 15 is 0 Å². The number of amides is 1. The van der Waals surface area contributed by atoms with Crippen LogP contribution in [0, 0.1) is 0 Å². The first-order chi connectivity index (χ1) is 15.2. The van der Waals surface area contributed by atoms with Gasteiger partial charge in [-0.05, 0) is 0 Å². The highest BCUT2D eigenvalue weighted by atomic mass is 16.6. The Morgan fingerprint density at radius 3 is 1.35 bits per heavy atom. The Hall–Kier alpha value is -1.38. The first kappa shape index (κ1) is 29.6. The van der Waals surface area contributed by atoms with Crippen LogP contribution in [0.3, 0.4) is 0 Å². The summed E-state index contributed by atoms with van der Waals surface area (Å²) in [5.74, 6) is -1.51. The van der Waals surface area contributed by atoms with Gasteiger partial charge in [-0.1, -0.05) is 0 Å². The smallest absolute Gasteiger partial charge is 0.329 e. The topological polar surface area (TPSA) is 140 Å². The van der Waals surface area contributed by atoms with E-state index in [0.29, 0.717) is 92.4 Å². The second-order valence-corrected chi connectivity index (χ2v) is 5.90. The Kier molecular flexibility index (Phi) is 23.8. The summed E-state index contributed by atoms with van der Waals surface area (Å²) in [7, 11) is 1.63. The molecule has 184 valence electrons. The van der Waals surface area contributed by atoms with Gasteiger partial charge >= 0.3 is 5.97 Å². The molecular formula is C19H37NO11. The van der Waals surface area contributed by atoms with E-state index in [9.17, 15) is 9.59 Å². The fourth-order valence-electron chi connectivity index (χ4n) is 1.89. The minimum absolute atomic E-state index is 0.292. The number of carbonyl (C=O) groups excluding carboxylic acids is 1. The van der Waals surface area contributed by atoms with E-state index in [1.165, 1.54) is 0 Å². The summed E-state index contributed by atoms with van der Waals surface area (Å²) < 4.78 is 41.5. The standard InChI is InChI=1S/C19H37NO11/c1-24-4-5-26-8-9-28-12-13-30-15-14-29-11-10-27-7-6-25-3-2-20-18(21)16-31-17-19(22)23/h2-17H2,1H3,(H,20,21)(H,22,23). The number of aliphatic carboxylic acids is 1. The van der Waals surface area contributed by atoms with Gasteiger partial charge in [0.25, 0.3) is 0 Å². The zero-order chi connectivity index (χ0) is 22.8. The van der Waals surface area contributed by atoms with Crippen molar-refractivity contribution in [2.45, 2.75) is 0 Å². The Morgan fingerprint density at radius 2 is 0.968 bits per heavy atom. The van der Waals surface area contributed by atoms with Crippen molar-refractivity contribution >= 4 is 11.9 Å². The van der Waals surface area contributed by atoms with Crippen molar-refractivity contribution in [3.8, 4) is 0 Å². The number of nitrogens with one attached hydrogen (secondary N) is 1. The van der Waals surface area contributed by atoms with Gasteiger partial charge in [-0.3, -0.25) is 4.79 Å². The molecule has 0 aromatic rings. The molecule has 0 heterocycles. The highest BCUT2D eigenvalue weighted by Crippen LogP contribution is 1.85. The lowest BCUT2D eigenvalue weighted by Crippen LogP contribution is -2.31. The van der Waals surface area contributed by atoms with Crippen molar-refractivity contribution in [3.63, 3.8) is 0 Å². The van der Waals surface area contributed by atoms with Crippen molar-refractivity contribution in [1.82, 2.24) is 5.32 Å². The summed E-state index contributed by atoms with van der Waals surface area (Å²) >= 11 is 0. The molecule has 12 nitrogen and oxygen atoms in total. The van der Waals surface area contributed by atoms with E-state index in [1.807, 2.05) is 0 Å². The molecule has 12 heteroatoms. The molecule has 0 aliphatic carbocycles. The zero-order valence-corrected chi connectivity index (χ0v) is 18.3. The second kappa shape index (κ2) is 24.9. The summed E-state index contributed by atoms with van der Waals surface area (Å²) in [5.41, 5.74) is 0. The third-order valence-corrected chi connectivity index (χ3v) is 3.32. The van der Waals surface area contributed by atoms with Gasteiger partial charge in [0.15, 0.2) is 0 Å². The van der Waals surface area contributed by atoms with Gasteiger partial charge in [-0.15, -0.1) is 0 Å². The molecule has 0 aliphatic heterocycles. The minimum Gasteiger partial charge on any atom is -0.480 e. The van der Waals surface area contributed by atoms with Crippen LogP contribution in [0.5, 0.6) is 0 Å². The molecule has 2 N–H and O–H groups in total. The first-order valence-electron chi connectivity index (χ1n) is 10.2. The van der Waals surface area contributed by atoms with Crippen LogP contribution in [-0.4, -0.2) is 130 Å². The number of carbonyl (C=O) groups is 2. The lowest BCUT2D eigenvalue weighted by Gasteiger charge is -2.08. The third-order valence-electron chi connectivity index (χ3n) is 3.32. The quantitative estimate of drug-likeness (QED) is 0.163. The maximum atomic E-state index is 11.3. The molecular weight excluding hydrogens is 418 g/mol. The highest BCUT2D eigenvalue weighted by molar-refractivity contribution is 5.77. The normalized spacial score (nSPS) is 11.0. The molecule has 1 amide bonds. The van der Waals surface area contributed by atoms with E-state index in [0.717, 1.165) is 0 Å². The second-order valence-electron chi connectivity index (χ2n) is 5.90. The van der Waals surface area contributed by atoms with E-state index in [1.54, 1.807) is 7.11 Å². The highest BCUT2D eigenvalue weighted by Gasteiger charge is 2.03. The van der Waals surface area contributed by atoms with Gasteiger partial charge in [-0.25, -0.2) is 4.79 Å². The molecule has 0 fully saturated rings. The van der Waals surface area contributed by atoms with Crippen molar-refractivity contribution in [2.75, 3.05) is 113 Å². The molecule has 0 saturated carbocycles. The lowest BCUT2D eigenvalue weighted by molar-refractivity contribution is -0.143. The maximum Gasteiger partial charge on any atom is 0.329 e. The average molecular weight is 456 g/mol. The summed E-state index contributed by atoms with van der Waals surface area (Å²) in [6, 6.07) is 0. The first-order valence-corrected chi connectivity index (χ1v) is 10.2. The third kappa shape index (κ3) is 26.6. The summed E-state index contributed by atoms with van der Waals surface area (Å²) in [6.45, 7) is 5.79. The van der Waals surface area contributed by atoms with Gasteiger partial charge in [0.1, 0.15) is 13.2 Å². The summed E-state index contributed by atoms with van der Waals surface area (Å²) in [4.78, 5) is 21.5. The molecule has 0 rings (SSSR count). The number of rotatable bonds is 25. The monoisotopic (exact) mass is 455 g/mol. The average Bonchev–Trinajstić information content (AvgIpc) is 2.74. The predicted molar refractivity (Wildman–Crippen MR) is 108 cm³/mol. The van der Waals surface area contributed by atoms with Gasteiger partial charge in [-0.2, -0.15) is 0 Å². The van der Waals surface area contributed by atoms with Crippen molar-refractivity contribution in [2.24, 2.45) is 0 Å². The summed E-state index contributed by atoms with van der Waals surface area (Å²) in [5, 5.41) is 10.9. The van der Waals surface area contributed by atoms with Crippen LogP contribution in [0.25, 0.3) is 0 Å². The van der Waals surface area contributed by atoms with Crippen molar-refractivity contribution in [1.29, 1.82) is 0 Å². The number of hydrogen-bond donors (Lipinski definition) is 2. The van der Waals surface area contributed by atoms with Crippen LogP contribution in [0.4, 0.5) is 0 Å². The number of methoxy groups -OCH3 is 1. The van der Waals surface area contributed by atoms with Gasteiger partial charge < -0.3 is 48.3 Å². The molecule has 0 aliphatic rings. The molecule has 0 atom stereocenters. The molecule has 0 aromatic carbocycles. The molecule has 0 saturated heterocycles. The molecule has 0 aromatic heterocycles. The fourth-order valence-corrected chi connectivity index (χ4v) is 1.89. The van der Waals surface area contributed by atoms with E-state index in [4.69, 9.17) is 38.3 Å². The minimum atomic E-state index is -1.12. The molecule has 0 spiro atoms. The van der Waals surface area contributed by atoms with Gasteiger partial charge in [0.2, 0.25) is 5.91 Å². The lowest BCUT2D eigenvalue weighted by atomic mass is 10.6. The predicted octanol–water partition coefficient (Wildman–Crippen LogP) is -1.05. The Labute approximate surface area is 183 Å². The number of carboxylic acid groups (broad SMARTS) is 1. The Morgan fingerprint density at radius 1 is 0.581 bits per heavy atom. The Bertz CT molecular complexity index is 412. The van der Waals surface area contributed by atoms with Crippen molar-refractivity contribution in [3.05, 3.63) is 0 Å². The van der Waals surface area contributed by atoms with Crippen LogP contribution in [0.1, 0.15) is 0 Å².